The van der Waals surface area contributed by atoms with Crippen molar-refractivity contribution in [1.29, 1.82) is 0 Å². The van der Waals surface area contributed by atoms with Crippen LogP contribution in [0.4, 0.5) is 0 Å². The van der Waals surface area contributed by atoms with Gasteiger partial charge < -0.3 is 9.47 Å². The Labute approximate surface area is 125 Å². The zero-order valence-electron chi connectivity index (χ0n) is 12.4. The number of ether oxygens (including phenoxy) is 2. The lowest BCUT2D eigenvalue weighted by Gasteiger charge is -2.15. The minimum Gasteiger partial charge on any atom is -0.496 e. The van der Waals surface area contributed by atoms with E-state index in [1.807, 2.05) is 61.5 Å². The normalized spacial score (nSPS) is 11.7. The van der Waals surface area contributed by atoms with Crippen molar-refractivity contribution in [3.8, 4) is 5.75 Å². The zero-order valence-corrected chi connectivity index (χ0v) is 12.4. The Bertz CT molecular complexity index is 578. The zero-order chi connectivity index (χ0) is 15.1. The summed E-state index contributed by atoms with van der Waals surface area (Å²) < 4.78 is 10.6. The summed E-state index contributed by atoms with van der Waals surface area (Å²) in [6, 6.07) is 17.4. The van der Waals surface area contributed by atoms with E-state index in [0.717, 1.165) is 16.9 Å². The smallest absolute Gasteiger partial charge is 0.306 e. The quantitative estimate of drug-likeness (QED) is 0.754. The van der Waals surface area contributed by atoms with E-state index in [2.05, 4.69) is 0 Å². The molecule has 3 nitrogen and oxygen atoms in total. The number of para-hydroxylation sites is 1. The van der Waals surface area contributed by atoms with Crippen molar-refractivity contribution >= 4 is 5.97 Å². The highest BCUT2D eigenvalue weighted by Crippen LogP contribution is 2.28. The lowest BCUT2D eigenvalue weighted by molar-refractivity contribution is -0.145. The Kier molecular flexibility index (Phi) is 5.38. The maximum atomic E-state index is 11.9. The first kappa shape index (κ1) is 15.1. The number of carbonyl (C=O) groups excluding carboxylic acids is 1. The molecule has 0 aromatic heterocycles. The van der Waals surface area contributed by atoms with Crippen molar-refractivity contribution in [3.63, 3.8) is 0 Å². The van der Waals surface area contributed by atoms with E-state index in [-0.39, 0.29) is 11.9 Å². The molecule has 3 heteroatoms. The van der Waals surface area contributed by atoms with Gasteiger partial charge in [0.25, 0.3) is 0 Å². The molecule has 0 saturated carbocycles. The van der Waals surface area contributed by atoms with Crippen molar-refractivity contribution in [3.05, 3.63) is 65.7 Å². The summed E-state index contributed by atoms with van der Waals surface area (Å²) in [5.41, 5.74) is 2.02. The largest absolute Gasteiger partial charge is 0.496 e. The lowest BCUT2D eigenvalue weighted by Crippen LogP contribution is -2.09. The van der Waals surface area contributed by atoms with E-state index in [4.69, 9.17) is 9.47 Å². The van der Waals surface area contributed by atoms with Crippen LogP contribution < -0.4 is 4.74 Å². The minimum absolute atomic E-state index is 0.0597. The Morgan fingerprint density at radius 1 is 1.05 bits per heavy atom. The van der Waals surface area contributed by atoms with Crippen molar-refractivity contribution in [2.75, 3.05) is 7.11 Å². The molecule has 0 N–H and O–H groups in total. The molecule has 0 heterocycles. The molecule has 2 aromatic carbocycles. The summed E-state index contributed by atoms with van der Waals surface area (Å²) >= 11 is 0. The fourth-order valence-electron chi connectivity index (χ4n) is 2.23. The van der Waals surface area contributed by atoms with Crippen LogP contribution in [-0.2, 0) is 16.1 Å². The molecule has 0 fully saturated rings. The summed E-state index contributed by atoms with van der Waals surface area (Å²) in [5, 5.41) is 0. The minimum atomic E-state index is -0.197. The molecule has 2 rings (SSSR count). The number of esters is 1. The monoisotopic (exact) mass is 284 g/mol. The third-order valence-electron chi connectivity index (χ3n) is 3.39. The summed E-state index contributed by atoms with van der Waals surface area (Å²) in [6.45, 7) is 2.32. The van der Waals surface area contributed by atoms with E-state index in [1.54, 1.807) is 7.11 Å². The first-order chi connectivity index (χ1) is 10.2. The summed E-state index contributed by atoms with van der Waals surface area (Å²) in [7, 11) is 1.64. The third kappa shape index (κ3) is 4.35. The van der Waals surface area contributed by atoms with E-state index >= 15 is 0 Å². The molecule has 21 heavy (non-hydrogen) atoms. The van der Waals surface area contributed by atoms with Gasteiger partial charge in [-0.25, -0.2) is 0 Å². The Morgan fingerprint density at radius 3 is 2.43 bits per heavy atom. The van der Waals surface area contributed by atoms with Gasteiger partial charge in [0.2, 0.25) is 0 Å². The van der Waals surface area contributed by atoms with Gasteiger partial charge in [-0.05, 0) is 23.1 Å². The third-order valence-corrected chi connectivity index (χ3v) is 3.39. The molecule has 1 atom stereocenters. The van der Waals surface area contributed by atoms with Gasteiger partial charge in [0.05, 0.1) is 13.5 Å². The molecule has 0 spiro atoms. The van der Waals surface area contributed by atoms with E-state index in [1.165, 1.54) is 0 Å². The van der Waals surface area contributed by atoms with Gasteiger partial charge in [-0.15, -0.1) is 0 Å². The van der Waals surface area contributed by atoms with Gasteiger partial charge in [0.15, 0.2) is 0 Å². The maximum Gasteiger partial charge on any atom is 0.306 e. The second-order valence-corrected chi connectivity index (χ2v) is 4.99. The topological polar surface area (TPSA) is 35.5 Å². The van der Waals surface area contributed by atoms with Crippen LogP contribution in [0.2, 0.25) is 0 Å². The molecule has 0 aliphatic heterocycles. The van der Waals surface area contributed by atoms with Crippen molar-refractivity contribution < 1.29 is 14.3 Å². The van der Waals surface area contributed by atoms with Crippen LogP contribution in [0, 0.1) is 0 Å². The van der Waals surface area contributed by atoms with E-state index in [9.17, 15) is 4.79 Å². The van der Waals surface area contributed by atoms with Gasteiger partial charge in [-0.1, -0.05) is 55.5 Å². The Hall–Kier alpha value is -2.29. The van der Waals surface area contributed by atoms with Crippen LogP contribution >= 0.6 is 0 Å². The number of carbonyl (C=O) groups is 1. The number of methoxy groups -OCH3 is 1. The average Bonchev–Trinajstić information content (AvgIpc) is 2.53. The lowest BCUT2D eigenvalue weighted by atomic mass is 9.97. The van der Waals surface area contributed by atoms with Crippen LogP contribution in [0.3, 0.4) is 0 Å². The molecule has 110 valence electrons. The molecule has 0 saturated heterocycles. The number of hydrogen-bond acceptors (Lipinski definition) is 3. The first-order valence-corrected chi connectivity index (χ1v) is 7.03. The standard InChI is InChI=1S/C18H20O3/c1-14(16-10-6-7-11-17(16)20-2)12-18(19)21-13-15-8-4-3-5-9-15/h3-11,14H,12-13H2,1-2H3. The van der Waals surface area contributed by atoms with Crippen molar-refractivity contribution in [2.24, 2.45) is 0 Å². The first-order valence-electron chi connectivity index (χ1n) is 7.03. The molecule has 1 unspecified atom stereocenters. The van der Waals surface area contributed by atoms with Gasteiger partial charge in [0, 0.05) is 0 Å². The van der Waals surface area contributed by atoms with Crippen molar-refractivity contribution in [1.82, 2.24) is 0 Å². The van der Waals surface area contributed by atoms with Crippen LogP contribution in [0.25, 0.3) is 0 Å². The van der Waals surface area contributed by atoms with E-state index < -0.39 is 0 Å². The van der Waals surface area contributed by atoms with Crippen molar-refractivity contribution in [2.45, 2.75) is 25.9 Å². The Balaban J connectivity index is 1.90. The molecular formula is C18H20O3. The van der Waals surface area contributed by atoms with Crippen LogP contribution in [0.15, 0.2) is 54.6 Å². The molecule has 0 bridgehead atoms. The predicted molar refractivity (Wildman–Crippen MR) is 82.3 cm³/mol. The van der Waals surface area contributed by atoms with Gasteiger partial charge in [0.1, 0.15) is 12.4 Å². The van der Waals surface area contributed by atoms with Crippen LogP contribution in [0.1, 0.15) is 30.4 Å². The molecule has 0 radical (unpaired) electrons. The molecule has 0 aliphatic rings. The number of hydrogen-bond donors (Lipinski definition) is 0. The SMILES string of the molecule is COc1ccccc1C(C)CC(=O)OCc1ccccc1. The summed E-state index contributed by atoms with van der Waals surface area (Å²) in [5.74, 6) is 0.669. The number of rotatable bonds is 6. The fraction of sp³-hybridized carbons (Fsp3) is 0.278. The average molecular weight is 284 g/mol. The highest BCUT2D eigenvalue weighted by atomic mass is 16.5. The second kappa shape index (κ2) is 7.48. The molecule has 0 amide bonds. The fourth-order valence-corrected chi connectivity index (χ4v) is 2.23. The van der Waals surface area contributed by atoms with Gasteiger partial charge in [-0.3, -0.25) is 4.79 Å². The maximum absolute atomic E-state index is 11.9. The summed E-state index contributed by atoms with van der Waals surface area (Å²) in [4.78, 5) is 11.9. The highest BCUT2D eigenvalue weighted by molar-refractivity contribution is 5.70. The second-order valence-electron chi connectivity index (χ2n) is 4.99. The molecule has 2 aromatic rings. The highest BCUT2D eigenvalue weighted by Gasteiger charge is 2.15. The number of benzene rings is 2. The predicted octanol–water partition coefficient (Wildman–Crippen LogP) is 3.93. The summed E-state index contributed by atoms with van der Waals surface area (Å²) in [6.07, 6.45) is 0.340. The Morgan fingerprint density at radius 2 is 1.71 bits per heavy atom. The van der Waals surface area contributed by atoms with E-state index in [0.29, 0.717) is 13.0 Å². The van der Waals surface area contributed by atoms with Crippen LogP contribution in [-0.4, -0.2) is 13.1 Å². The van der Waals surface area contributed by atoms with Gasteiger partial charge >= 0.3 is 5.97 Å². The molecule has 0 aliphatic carbocycles. The molecular weight excluding hydrogens is 264 g/mol. The van der Waals surface area contributed by atoms with Crippen LogP contribution in [0.5, 0.6) is 5.75 Å². The van der Waals surface area contributed by atoms with Gasteiger partial charge in [-0.2, -0.15) is 0 Å².